The van der Waals surface area contributed by atoms with E-state index in [9.17, 15) is 9.59 Å². The van der Waals surface area contributed by atoms with Crippen LogP contribution >= 0.6 is 0 Å². The van der Waals surface area contributed by atoms with Gasteiger partial charge in [-0.25, -0.2) is 10.0 Å². The largest absolute Gasteiger partial charge is 0.335 e. The van der Waals surface area contributed by atoms with Crippen LogP contribution in [0.1, 0.15) is 12.5 Å². The molecule has 0 aliphatic carbocycles. The van der Waals surface area contributed by atoms with E-state index in [0.717, 1.165) is 5.56 Å². The second-order valence-electron chi connectivity index (χ2n) is 5.80. The minimum atomic E-state index is -0.632. The molecule has 25 heavy (non-hydrogen) atoms. The number of aromatic nitrogens is 1. The second kappa shape index (κ2) is 7.12. The van der Waals surface area contributed by atoms with E-state index in [0.29, 0.717) is 12.2 Å². The van der Waals surface area contributed by atoms with Crippen molar-refractivity contribution >= 4 is 23.3 Å². The van der Waals surface area contributed by atoms with E-state index in [2.05, 4.69) is 15.4 Å². The normalized spacial score (nSPS) is 16.9. The zero-order chi connectivity index (χ0) is 17.8. The molecule has 1 atom stereocenters. The molecule has 1 aliphatic rings. The third kappa shape index (κ3) is 3.65. The van der Waals surface area contributed by atoms with Crippen LogP contribution < -0.4 is 10.4 Å². The Hall–Kier alpha value is -3.22. The summed E-state index contributed by atoms with van der Waals surface area (Å²) in [5.74, 6) is -0.357. The average Bonchev–Trinajstić information content (AvgIpc) is 2.64. The van der Waals surface area contributed by atoms with Gasteiger partial charge in [0.25, 0.3) is 11.8 Å². The Labute approximate surface area is 146 Å². The number of amidine groups is 1. The van der Waals surface area contributed by atoms with Crippen molar-refractivity contribution in [2.24, 2.45) is 4.99 Å². The summed E-state index contributed by atoms with van der Waals surface area (Å²) < 4.78 is 0. The number of hydrazine groups is 1. The molecule has 0 spiro atoms. The topological polar surface area (TPSA) is 77.9 Å². The van der Waals surface area contributed by atoms with Gasteiger partial charge in [0.05, 0.1) is 5.69 Å². The maximum atomic E-state index is 12.7. The van der Waals surface area contributed by atoms with Crippen molar-refractivity contribution in [3.05, 3.63) is 60.4 Å². The van der Waals surface area contributed by atoms with Gasteiger partial charge in [0.15, 0.2) is 0 Å². The number of anilines is 1. The lowest BCUT2D eigenvalue weighted by Gasteiger charge is -2.31. The summed E-state index contributed by atoms with van der Waals surface area (Å²) in [6.45, 7) is 2.08. The van der Waals surface area contributed by atoms with E-state index in [1.807, 2.05) is 30.3 Å². The molecule has 0 fully saturated rings. The Morgan fingerprint density at radius 3 is 2.68 bits per heavy atom. The van der Waals surface area contributed by atoms with Crippen LogP contribution in [0, 0.1) is 0 Å². The Morgan fingerprint density at radius 2 is 2.00 bits per heavy atom. The van der Waals surface area contributed by atoms with Gasteiger partial charge >= 0.3 is 0 Å². The van der Waals surface area contributed by atoms with Crippen molar-refractivity contribution < 1.29 is 9.59 Å². The van der Waals surface area contributed by atoms with Gasteiger partial charge in [0.1, 0.15) is 6.04 Å². The first-order valence-corrected chi connectivity index (χ1v) is 7.94. The average molecular weight is 337 g/mol. The predicted molar refractivity (Wildman–Crippen MR) is 94.7 cm³/mol. The van der Waals surface area contributed by atoms with Crippen LogP contribution in [0.2, 0.25) is 0 Å². The summed E-state index contributed by atoms with van der Waals surface area (Å²) in [7, 11) is 1.69. The number of pyridine rings is 1. The molecule has 2 amide bonds. The standard InChI is InChI=1S/C18H19N5O2/c1-13-17(24)23(15-8-4-3-5-9-15)21-16(20-13)18(25)22(2)12-14-7-6-10-19-11-14/h3-11,13H,12H2,1-2H3,(H,20,21). The molecule has 0 radical (unpaired) electrons. The van der Waals surface area contributed by atoms with Crippen molar-refractivity contribution in [1.82, 2.24) is 15.3 Å². The fourth-order valence-electron chi connectivity index (χ4n) is 2.52. The highest BCUT2D eigenvalue weighted by Gasteiger charge is 2.31. The highest BCUT2D eigenvalue weighted by atomic mass is 16.2. The predicted octanol–water partition coefficient (Wildman–Crippen LogP) is 1.38. The van der Waals surface area contributed by atoms with Crippen LogP contribution in [0.4, 0.5) is 5.69 Å². The molecule has 1 aliphatic heterocycles. The first-order chi connectivity index (χ1) is 12.1. The Balaban J connectivity index is 1.78. The van der Waals surface area contributed by atoms with Gasteiger partial charge in [0, 0.05) is 26.0 Å². The van der Waals surface area contributed by atoms with E-state index >= 15 is 0 Å². The van der Waals surface area contributed by atoms with Gasteiger partial charge in [-0.05, 0) is 30.7 Å². The molecule has 7 nitrogen and oxygen atoms in total. The molecule has 2 aromatic rings. The van der Waals surface area contributed by atoms with Crippen molar-refractivity contribution in [2.45, 2.75) is 19.5 Å². The highest BCUT2D eigenvalue weighted by molar-refractivity contribution is 6.39. The maximum absolute atomic E-state index is 12.7. The molecule has 0 saturated heterocycles. The van der Waals surface area contributed by atoms with Crippen LogP contribution in [0.15, 0.2) is 59.9 Å². The van der Waals surface area contributed by atoms with E-state index in [1.54, 1.807) is 38.5 Å². The van der Waals surface area contributed by atoms with Gasteiger partial charge in [-0.2, -0.15) is 0 Å². The summed E-state index contributed by atoms with van der Waals surface area (Å²) in [4.78, 5) is 34.9. The zero-order valence-corrected chi connectivity index (χ0v) is 14.1. The molecule has 0 saturated carbocycles. The van der Waals surface area contributed by atoms with Crippen molar-refractivity contribution in [3.8, 4) is 0 Å². The summed E-state index contributed by atoms with van der Waals surface area (Å²) >= 11 is 0. The van der Waals surface area contributed by atoms with Crippen LogP contribution in [-0.2, 0) is 16.1 Å². The van der Waals surface area contributed by atoms with Crippen molar-refractivity contribution in [1.29, 1.82) is 0 Å². The number of likely N-dealkylation sites (N-methyl/N-ethyl adjacent to an activating group) is 1. The number of carbonyl (C=O) groups is 2. The van der Waals surface area contributed by atoms with Gasteiger partial charge in [-0.3, -0.25) is 20.0 Å². The van der Waals surface area contributed by atoms with Crippen molar-refractivity contribution in [3.63, 3.8) is 0 Å². The highest BCUT2D eigenvalue weighted by Crippen LogP contribution is 2.16. The molecule has 1 aromatic heterocycles. The van der Waals surface area contributed by atoms with Crippen LogP contribution in [0.5, 0.6) is 0 Å². The number of nitrogens with one attached hydrogen (secondary N) is 1. The third-order valence-electron chi connectivity index (χ3n) is 3.82. The van der Waals surface area contributed by atoms with Gasteiger partial charge in [-0.15, -0.1) is 0 Å². The quantitative estimate of drug-likeness (QED) is 0.914. The molecule has 0 bridgehead atoms. The van der Waals surface area contributed by atoms with Gasteiger partial charge < -0.3 is 4.90 Å². The third-order valence-corrected chi connectivity index (χ3v) is 3.82. The lowest BCUT2D eigenvalue weighted by atomic mass is 10.2. The molecular formula is C18H19N5O2. The number of hydrogen-bond donors (Lipinski definition) is 1. The summed E-state index contributed by atoms with van der Waals surface area (Å²) in [6.07, 6.45) is 3.39. The lowest BCUT2D eigenvalue weighted by Crippen LogP contribution is -2.58. The lowest BCUT2D eigenvalue weighted by molar-refractivity contribution is -0.124. The number of amides is 2. The number of rotatable bonds is 4. The molecule has 7 heteroatoms. The molecule has 128 valence electrons. The minimum Gasteiger partial charge on any atom is -0.335 e. The molecule has 1 N–H and O–H groups in total. The smallest absolute Gasteiger partial charge is 0.290 e. The number of hydrogen-bond acceptors (Lipinski definition) is 5. The summed E-state index contributed by atoms with van der Waals surface area (Å²) in [6, 6.07) is 12.2. The Bertz CT molecular complexity index is 792. The SMILES string of the molecule is CC1N=C(C(=O)N(C)Cc2cccnc2)NN(c2ccccc2)C1=O. The fourth-order valence-corrected chi connectivity index (χ4v) is 2.52. The van der Waals surface area contributed by atoms with Gasteiger partial charge in [-0.1, -0.05) is 24.3 Å². The molecular weight excluding hydrogens is 318 g/mol. The first kappa shape index (κ1) is 16.6. The number of carbonyl (C=O) groups excluding carboxylic acids is 2. The first-order valence-electron chi connectivity index (χ1n) is 7.94. The second-order valence-corrected chi connectivity index (χ2v) is 5.80. The van der Waals surface area contributed by atoms with Crippen molar-refractivity contribution in [2.75, 3.05) is 12.1 Å². The zero-order valence-electron chi connectivity index (χ0n) is 14.1. The van der Waals surface area contributed by atoms with Crippen LogP contribution in [0.25, 0.3) is 0 Å². The monoisotopic (exact) mass is 337 g/mol. The maximum Gasteiger partial charge on any atom is 0.290 e. The molecule has 3 rings (SSSR count). The number of para-hydroxylation sites is 1. The van der Waals surface area contributed by atoms with E-state index in [1.165, 1.54) is 9.91 Å². The Morgan fingerprint density at radius 1 is 1.24 bits per heavy atom. The van der Waals surface area contributed by atoms with E-state index in [4.69, 9.17) is 0 Å². The van der Waals surface area contributed by atoms with E-state index in [-0.39, 0.29) is 17.6 Å². The minimum absolute atomic E-state index is 0.141. The van der Waals surface area contributed by atoms with E-state index < -0.39 is 6.04 Å². The number of nitrogens with zero attached hydrogens (tertiary/aromatic N) is 4. The molecule has 2 heterocycles. The molecule has 1 unspecified atom stereocenters. The number of benzene rings is 1. The van der Waals surface area contributed by atoms with Gasteiger partial charge in [0.2, 0.25) is 5.84 Å². The summed E-state index contributed by atoms with van der Waals surface area (Å²) in [5, 5.41) is 1.36. The Kier molecular flexibility index (Phi) is 4.74. The fraction of sp³-hybridized carbons (Fsp3) is 0.222. The number of aliphatic imine (C=N–C) groups is 1. The van der Waals surface area contributed by atoms with Crippen LogP contribution in [0.3, 0.4) is 0 Å². The summed E-state index contributed by atoms with van der Waals surface area (Å²) in [5.41, 5.74) is 4.42. The van der Waals surface area contributed by atoms with Crippen LogP contribution in [-0.4, -0.2) is 40.6 Å². The molecule has 1 aromatic carbocycles.